The number of rotatable bonds is 7. The lowest BCUT2D eigenvalue weighted by atomic mass is 9.93. The summed E-state index contributed by atoms with van der Waals surface area (Å²) in [6.07, 6.45) is 3.61. The Hall–Kier alpha value is -1.15. The van der Waals surface area contributed by atoms with Crippen LogP contribution in [0.3, 0.4) is 0 Å². The van der Waals surface area contributed by atoms with E-state index in [0.29, 0.717) is 17.9 Å². The molecule has 0 aromatic heterocycles. The molecule has 1 saturated heterocycles. The number of carbonyl (C=O) groups excluding carboxylic acids is 1. The number of carbonyl (C=O) groups is 1. The zero-order valence-corrected chi connectivity index (χ0v) is 18.0. The predicted octanol–water partition coefficient (Wildman–Crippen LogP) is 2.58. The molecule has 0 saturated carbocycles. The van der Waals surface area contributed by atoms with Gasteiger partial charge in [0.15, 0.2) is 0 Å². The van der Waals surface area contributed by atoms with Crippen molar-refractivity contribution < 1.29 is 13.2 Å². The van der Waals surface area contributed by atoms with E-state index in [2.05, 4.69) is 15.4 Å². The van der Waals surface area contributed by atoms with Gasteiger partial charge in [-0.05, 0) is 70.7 Å². The van der Waals surface area contributed by atoms with Gasteiger partial charge in [0.2, 0.25) is 15.9 Å². The molecule has 1 fully saturated rings. The van der Waals surface area contributed by atoms with Crippen LogP contribution in [-0.4, -0.2) is 33.0 Å². The minimum atomic E-state index is -3.63. The van der Waals surface area contributed by atoms with Crippen molar-refractivity contribution in [3.8, 4) is 0 Å². The third kappa shape index (κ3) is 8.17. The molecule has 1 aromatic carbocycles. The van der Waals surface area contributed by atoms with Gasteiger partial charge in [-0.2, -0.15) is 0 Å². The van der Waals surface area contributed by atoms with Crippen LogP contribution in [0.1, 0.15) is 52.0 Å². The number of sulfonamides is 1. The van der Waals surface area contributed by atoms with E-state index >= 15 is 0 Å². The number of amides is 1. The maximum absolute atomic E-state index is 12.6. The fourth-order valence-corrected chi connectivity index (χ4v) is 4.82. The van der Waals surface area contributed by atoms with Crippen molar-refractivity contribution >= 4 is 28.3 Å². The molecule has 1 amide bonds. The number of benzene rings is 1. The first-order valence-corrected chi connectivity index (χ1v) is 10.7. The van der Waals surface area contributed by atoms with Gasteiger partial charge in [-0.25, -0.2) is 13.1 Å². The van der Waals surface area contributed by atoms with E-state index in [-0.39, 0.29) is 29.8 Å². The Labute approximate surface area is 169 Å². The van der Waals surface area contributed by atoms with E-state index in [4.69, 9.17) is 0 Å². The minimum absolute atomic E-state index is 0. The first-order valence-electron chi connectivity index (χ1n) is 9.27. The SMILES string of the molecule is CC(C)(C)NS(=O)(=O)c1ccccc1CNC(=O)CCC1CCNCC1.Cl. The molecule has 0 unspecified atom stereocenters. The molecule has 1 aromatic rings. The molecule has 1 aliphatic heterocycles. The topological polar surface area (TPSA) is 87.3 Å². The van der Waals surface area contributed by atoms with Crippen LogP contribution in [0.15, 0.2) is 29.2 Å². The van der Waals surface area contributed by atoms with E-state index in [0.717, 1.165) is 32.4 Å². The van der Waals surface area contributed by atoms with Crippen LogP contribution in [0, 0.1) is 5.92 Å². The summed E-state index contributed by atoms with van der Waals surface area (Å²) >= 11 is 0. The number of hydrogen-bond donors (Lipinski definition) is 3. The zero-order chi connectivity index (χ0) is 19.2. The van der Waals surface area contributed by atoms with Crippen molar-refractivity contribution in [1.29, 1.82) is 0 Å². The van der Waals surface area contributed by atoms with Gasteiger partial charge in [0.05, 0.1) is 4.90 Å². The van der Waals surface area contributed by atoms with E-state index in [1.807, 2.05) is 0 Å². The molecular formula is C19H32ClN3O3S. The standard InChI is InChI=1S/C19H31N3O3S.ClH/c1-19(2,3)22-26(24,25)17-7-5-4-6-16(17)14-21-18(23)9-8-15-10-12-20-13-11-15;/h4-7,15,20,22H,8-14H2,1-3H3,(H,21,23);1H. The average Bonchev–Trinajstić information content (AvgIpc) is 2.57. The smallest absolute Gasteiger partial charge is 0.241 e. The molecule has 3 N–H and O–H groups in total. The highest BCUT2D eigenvalue weighted by Crippen LogP contribution is 2.19. The third-order valence-electron chi connectivity index (χ3n) is 4.42. The van der Waals surface area contributed by atoms with E-state index < -0.39 is 15.6 Å². The van der Waals surface area contributed by atoms with Gasteiger partial charge >= 0.3 is 0 Å². The molecule has 0 spiro atoms. The molecule has 0 aliphatic carbocycles. The van der Waals surface area contributed by atoms with Gasteiger partial charge in [-0.3, -0.25) is 4.79 Å². The number of nitrogens with one attached hydrogen (secondary N) is 3. The fourth-order valence-electron chi connectivity index (χ4n) is 3.16. The normalized spacial score (nSPS) is 15.8. The molecule has 1 heterocycles. The van der Waals surface area contributed by atoms with Gasteiger partial charge in [0.1, 0.15) is 0 Å². The quantitative estimate of drug-likeness (QED) is 0.636. The summed E-state index contributed by atoms with van der Waals surface area (Å²) in [6, 6.07) is 6.79. The summed E-state index contributed by atoms with van der Waals surface area (Å²) < 4.78 is 27.9. The van der Waals surface area contributed by atoms with Crippen LogP contribution in [0.4, 0.5) is 0 Å². The summed E-state index contributed by atoms with van der Waals surface area (Å²) in [6.45, 7) is 7.67. The Morgan fingerprint density at radius 1 is 1.19 bits per heavy atom. The van der Waals surface area contributed by atoms with E-state index in [1.54, 1.807) is 45.0 Å². The van der Waals surface area contributed by atoms with Crippen molar-refractivity contribution in [3.63, 3.8) is 0 Å². The maximum atomic E-state index is 12.6. The Morgan fingerprint density at radius 3 is 2.44 bits per heavy atom. The molecule has 1 aliphatic rings. The van der Waals surface area contributed by atoms with Gasteiger partial charge < -0.3 is 10.6 Å². The van der Waals surface area contributed by atoms with Crippen molar-refractivity contribution in [2.45, 2.75) is 63.4 Å². The summed E-state index contributed by atoms with van der Waals surface area (Å²) in [5.41, 5.74) is 0.0313. The second-order valence-corrected chi connectivity index (χ2v) is 9.62. The van der Waals surface area contributed by atoms with Crippen LogP contribution in [0.25, 0.3) is 0 Å². The van der Waals surface area contributed by atoms with Gasteiger partial charge in [0.25, 0.3) is 0 Å². The fraction of sp³-hybridized carbons (Fsp3) is 0.632. The van der Waals surface area contributed by atoms with Crippen molar-refractivity contribution in [3.05, 3.63) is 29.8 Å². The molecule has 2 rings (SSSR count). The Kier molecular flexibility index (Phi) is 9.21. The van der Waals surface area contributed by atoms with Crippen molar-refractivity contribution in [1.82, 2.24) is 15.4 Å². The lowest BCUT2D eigenvalue weighted by Crippen LogP contribution is -2.41. The second-order valence-electron chi connectivity index (χ2n) is 7.97. The monoisotopic (exact) mass is 417 g/mol. The zero-order valence-electron chi connectivity index (χ0n) is 16.4. The molecular weight excluding hydrogens is 386 g/mol. The van der Waals surface area contributed by atoms with Crippen LogP contribution in [-0.2, 0) is 21.4 Å². The number of halogens is 1. The largest absolute Gasteiger partial charge is 0.352 e. The minimum Gasteiger partial charge on any atom is -0.352 e. The van der Waals surface area contributed by atoms with Crippen LogP contribution < -0.4 is 15.4 Å². The number of hydrogen-bond acceptors (Lipinski definition) is 4. The predicted molar refractivity (Wildman–Crippen MR) is 110 cm³/mol. The van der Waals surface area contributed by atoms with Gasteiger partial charge in [-0.15, -0.1) is 12.4 Å². The van der Waals surface area contributed by atoms with Crippen LogP contribution in [0.2, 0.25) is 0 Å². The molecule has 0 radical (unpaired) electrons. The summed E-state index contributed by atoms with van der Waals surface area (Å²) in [7, 11) is -3.63. The van der Waals surface area contributed by atoms with Gasteiger partial charge in [0, 0.05) is 18.5 Å². The Morgan fingerprint density at radius 2 is 1.81 bits per heavy atom. The lowest BCUT2D eigenvalue weighted by molar-refractivity contribution is -0.121. The molecule has 27 heavy (non-hydrogen) atoms. The first kappa shape index (κ1) is 23.9. The van der Waals surface area contributed by atoms with Crippen LogP contribution >= 0.6 is 12.4 Å². The van der Waals surface area contributed by atoms with Crippen molar-refractivity contribution in [2.75, 3.05) is 13.1 Å². The third-order valence-corrected chi connectivity index (χ3v) is 6.28. The molecule has 6 nitrogen and oxygen atoms in total. The summed E-state index contributed by atoms with van der Waals surface area (Å²) in [5, 5.41) is 6.19. The van der Waals surface area contributed by atoms with Crippen molar-refractivity contribution in [2.24, 2.45) is 5.92 Å². The Balaban J connectivity index is 0.00000364. The van der Waals surface area contributed by atoms with E-state index in [9.17, 15) is 13.2 Å². The van der Waals surface area contributed by atoms with E-state index in [1.165, 1.54) is 0 Å². The molecule has 8 heteroatoms. The summed E-state index contributed by atoms with van der Waals surface area (Å²) in [5.74, 6) is 0.574. The highest BCUT2D eigenvalue weighted by molar-refractivity contribution is 7.89. The molecule has 154 valence electrons. The van der Waals surface area contributed by atoms with Gasteiger partial charge in [-0.1, -0.05) is 18.2 Å². The lowest BCUT2D eigenvalue weighted by Gasteiger charge is -2.22. The highest BCUT2D eigenvalue weighted by atomic mass is 35.5. The second kappa shape index (κ2) is 10.4. The first-order chi connectivity index (χ1) is 12.2. The summed E-state index contributed by atoms with van der Waals surface area (Å²) in [4.78, 5) is 12.4. The Bertz CT molecular complexity index is 711. The highest BCUT2D eigenvalue weighted by Gasteiger charge is 2.24. The number of piperidine rings is 1. The molecule has 0 atom stereocenters. The maximum Gasteiger partial charge on any atom is 0.241 e. The average molecular weight is 418 g/mol. The van der Waals surface area contributed by atoms with Crippen LogP contribution in [0.5, 0.6) is 0 Å². The molecule has 0 bridgehead atoms.